The molecule has 0 atom stereocenters. The average molecular weight is 431 g/mol. The minimum atomic E-state index is -1.02. The zero-order valence-corrected chi connectivity index (χ0v) is 16.4. The number of H-pyrrole nitrogens is 1. The van der Waals surface area contributed by atoms with Gasteiger partial charge in [0.1, 0.15) is 11.5 Å². The van der Waals surface area contributed by atoms with Gasteiger partial charge in [0.25, 0.3) is 0 Å². The number of nitrogens with zero attached hydrogens (tertiary/aromatic N) is 3. The van der Waals surface area contributed by atoms with Gasteiger partial charge in [-0.1, -0.05) is 48.9 Å². The normalized spacial score (nSPS) is 10.8. The first-order valence-electron chi connectivity index (χ1n) is 9.36. The van der Waals surface area contributed by atoms with E-state index in [0.29, 0.717) is 22.5 Å². The molecule has 2 heterocycles. The summed E-state index contributed by atoms with van der Waals surface area (Å²) in [4.78, 5) is 14.5. The molecule has 0 aliphatic heterocycles. The Bertz CT molecular complexity index is 1450. The largest absolute Gasteiger partial charge is 0.507 e. The highest BCUT2D eigenvalue weighted by molar-refractivity contribution is 5.94. The van der Waals surface area contributed by atoms with Crippen LogP contribution in [0.2, 0.25) is 0 Å². The Kier molecular flexibility index (Phi) is 5.15. The van der Waals surface area contributed by atoms with Crippen molar-refractivity contribution < 1.29 is 19.4 Å². The third-order valence-electron chi connectivity index (χ3n) is 5.05. The van der Waals surface area contributed by atoms with E-state index in [1.807, 2.05) is 42.5 Å². The highest BCUT2D eigenvalue weighted by atomic mass is 16.6. The van der Waals surface area contributed by atoms with Crippen LogP contribution in [0.3, 0.4) is 0 Å². The molecule has 0 radical (unpaired) electrons. The van der Waals surface area contributed by atoms with Crippen molar-refractivity contribution in [3.8, 4) is 34.6 Å². The standard InChI is InChI=1S/C22H17N5O4.CH4/c1-30-19-11-24-16-10-18(28)15(9-14(16)19)20-25-26-22(31-21(23)29)27(20)17-8-4-6-12-5-2-3-7-13(12)17;/h2-11,24,28H,1H3,(H2,23,29);1H4. The number of benzene rings is 3. The molecule has 2 aromatic heterocycles. The van der Waals surface area contributed by atoms with E-state index in [1.165, 1.54) is 0 Å². The number of ether oxygens (including phenoxy) is 2. The average Bonchev–Trinajstić information content (AvgIpc) is 3.35. The Morgan fingerprint density at radius 1 is 1.09 bits per heavy atom. The number of amides is 1. The van der Waals surface area contributed by atoms with E-state index >= 15 is 0 Å². The second-order valence-corrected chi connectivity index (χ2v) is 6.83. The molecule has 0 aliphatic carbocycles. The molecule has 32 heavy (non-hydrogen) atoms. The number of fused-ring (bicyclic) bond motifs is 2. The first-order valence-corrected chi connectivity index (χ1v) is 9.36. The van der Waals surface area contributed by atoms with Crippen molar-refractivity contribution in [3.63, 3.8) is 0 Å². The van der Waals surface area contributed by atoms with Gasteiger partial charge in [0.05, 0.1) is 23.9 Å². The number of hydrogen-bond donors (Lipinski definition) is 3. The van der Waals surface area contributed by atoms with Gasteiger partial charge < -0.3 is 25.3 Å². The lowest BCUT2D eigenvalue weighted by Gasteiger charge is -2.13. The van der Waals surface area contributed by atoms with Crippen LogP contribution in [-0.2, 0) is 0 Å². The van der Waals surface area contributed by atoms with E-state index in [-0.39, 0.29) is 25.0 Å². The SMILES string of the molecule is C.COc1c[nH]c2cc(O)c(-c3nnc(OC(N)=O)n3-c3cccc4ccccc34)cc12. The van der Waals surface area contributed by atoms with Gasteiger partial charge in [-0.3, -0.25) is 0 Å². The fraction of sp³-hybridized carbons (Fsp3) is 0.0870. The molecule has 5 rings (SSSR count). The number of phenols is 1. The van der Waals surface area contributed by atoms with Crippen LogP contribution in [0.1, 0.15) is 7.43 Å². The van der Waals surface area contributed by atoms with Gasteiger partial charge >= 0.3 is 12.1 Å². The highest BCUT2D eigenvalue weighted by Gasteiger charge is 2.23. The second-order valence-electron chi connectivity index (χ2n) is 6.83. The number of aromatic nitrogens is 4. The van der Waals surface area contributed by atoms with Crippen LogP contribution < -0.4 is 15.2 Å². The van der Waals surface area contributed by atoms with Gasteiger partial charge in [-0.15, -0.1) is 5.10 Å². The van der Waals surface area contributed by atoms with E-state index < -0.39 is 6.09 Å². The van der Waals surface area contributed by atoms with Crippen LogP contribution in [0.4, 0.5) is 4.79 Å². The molecule has 4 N–H and O–H groups in total. The van der Waals surface area contributed by atoms with Crippen LogP contribution in [0.15, 0.2) is 60.8 Å². The van der Waals surface area contributed by atoms with Crippen LogP contribution >= 0.6 is 0 Å². The first kappa shape index (κ1) is 20.7. The fourth-order valence-corrected chi connectivity index (χ4v) is 3.70. The van der Waals surface area contributed by atoms with Crippen molar-refractivity contribution in [2.45, 2.75) is 7.43 Å². The molecule has 0 unspecified atom stereocenters. The number of carbonyl (C=O) groups excluding carboxylic acids is 1. The predicted molar refractivity (Wildman–Crippen MR) is 121 cm³/mol. The summed E-state index contributed by atoms with van der Waals surface area (Å²) in [6.07, 6.45) is 0.678. The summed E-state index contributed by atoms with van der Waals surface area (Å²) >= 11 is 0. The summed E-state index contributed by atoms with van der Waals surface area (Å²) in [6, 6.07) is 16.6. The number of rotatable bonds is 4. The van der Waals surface area contributed by atoms with Gasteiger partial charge in [0.2, 0.25) is 0 Å². The van der Waals surface area contributed by atoms with Gasteiger partial charge in [-0.05, 0) is 17.5 Å². The number of methoxy groups -OCH3 is 1. The van der Waals surface area contributed by atoms with Gasteiger partial charge in [-0.2, -0.15) is 0 Å². The minimum Gasteiger partial charge on any atom is -0.507 e. The molecule has 162 valence electrons. The van der Waals surface area contributed by atoms with Crippen molar-refractivity contribution >= 4 is 27.8 Å². The monoisotopic (exact) mass is 431 g/mol. The first-order chi connectivity index (χ1) is 15.1. The van der Waals surface area contributed by atoms with Crippen molar-refractivity contribution in [3.05, 3.63) is 60.8 Å². The quantitative estimate of drug-likeness (QED) is 0.387. The third kappa shape index (κ3) is 3.25. The van der Waals surface area contributed by atoms with Crippen molar-refractivity contribution in [1.29, 1.82) is 0 Å². The maximum Gasteiger partial charge on any atom is 0.412 e. The minimum absolute atomic E-state index is 0. The van der Waals surface area contributed by atoms with Crippen LogP contribution in [0.5, 0.6) is 17.5 Å². The van der Waals surface area contributed by atoms with E-state index in [2.05, 4.69) is 15.2 Å². The molecule has 0 saturated carbocycles. The van der Waals surface area contributed by atoms with E-state index in [1.54, 1.807) is 30.0 Å². The Morgan fingerprint density at radius 3 is 2.66 bits per heavy atom. The molecule has 9 nitrogen and oxygen atoms in total. The maximum absolute atomic E-state index is 11.5. The molecular formula is C23H21N5O4. The summed E-state index contributed by atoms with van der Waals surface area (Å²) in [5, 5.41) is 21.5. The number of aromatic hydroxyl groups is 1. The molecule has 1 amide bonds. The van der Waals surface area contributed by atoms with Crippen LogP contribution in [0.25, 0.3) is 38.8 Å². The lowest BCUT2D eigenvalue weighted by atomic mass is 10.1. The van der Waals surface area contributed by atoms with E-state index in [9.17, 15) is 9.90 Å². The van der Waals surface area contributed by atoms with Crippen LogP contribution in [0, 0.1) is 0 Å². The van der Waals surface area contributed by atoms with Crippen molar-refractivity contribution in [2.75, 3.05) is 7.11 Å². The molecule has 0 fully saturated rings. The molecular weight excluding hydrogens is 410 g/mol. The summed E-state index contributed by atoms with van der Waals surface area (Å²) in [7, 11) is 1.56. The predicted octanol–water partition coefficient (Wildman–Crippen LogP) is 4.38. The Morgan fingerprint density at radius 2 is 1.88 bits per heavy atom. The number of primary amides is 1. The number of nitrogens with one attached hydrogen (secondary N) is 1. The Hall–Kier alpha value is -4.53. The van der Waals surface area contributed by atoms with Gasteiger partial charge in [0.15, 0.2) is 5.82 Å². The second kappa shape index (κ2) is 7.95. The fourth-order valence-electron chi connectivity index (χ4n) is 3.70. The van der Waals surface area contributed by atoms with Crippen molar-refractivity contribution in [1.82, 2.24) is 19.7 Å². The van der Waals surface area contributed by atoms with Gasteiger partial charge in [0, 0.05) is 23.0 Å². The number of nitrogens with two attached hydrogens (primary N) is 1. The molecule has 0 saturated heterocycles. The van der Waals surface area contributed by atoms with E-state index in [0.717, 1.165) is 16.2 Å². The zero-order chi connectivity index (χ0) is 21.5. The smallest absolute Gasteiger partial charge is 0.412 e. The zero-order valence-electron chi connectivity index (χ0n) is 16.4. The summed E-state index contributed by atoms with van der Waals surface area (Å²) in [6.45, 7) is 0. The Balaban J connectivity index is 0.00000245. The summed E-state index contributed by atoms with van der Waals surface area (Å²) in [5.41, 5.74) is 6.99. The third-order valence-corrected chi connectivity index (χ3v) is 5.05. The summed E-state index contributed by atoms with van der Waals surface area (Å²) in [5.74, 6) is 0.854. The van der Waals surface area contributed by atoms with Crippen LogP contribution in [-0.4, -0.2) is 38.1 Å². The lowest BCUT2D eigenvalue weighted by molar-refractivity contribution is 0.206. The van der Waals surface area contributed by atoms with Gasteiger partial charge in [-0.25, -0.2) is 9.36 Å². The number of phenolic OH excluding ortho intramolecular Hbond substituents is 1. The maximum atomic E-state index is 11.5. The highest BCUT2D eigenvalue weighted by Crippen LogP contribution is 2.39. The molecule has 9 heteroatoms. The number of hydrogen-bond acceptors (Lipinski definition) is 6. The summed E-state index contributed by atoms with van der Waals surface area (Å²) < 4.78 is 12.1. The lowest BCUT2D eigenvalue weighted by Crippen LogP contribution is -2.18. The topological polar surface area (TPSA) is 128 Å². The molecule has 0 aliphatic rings. The van der Waals surface area contributed by atoms with Crippen molar-refractivity contribution in [2.24, 2.45) is 5.73 Å². The number of carbonyl (C=O) groups is 1. The molecule has 0 spiro atoms. The Labute approximate surface area is 183 Å². The molecule has 3 aromatic carbocycles. The molecule has 0 bridgehead atoms. The molecule has 5 aromatic rings. The van der Waals surface area contributed by atoms with E-state index in [4.69, 9.17) is 15.2 Å². The number of aromatic amines is 1.